The average Bonchev–Trinajstić information content (AvgIpc) is 3.32. The zero-order valence-corrected chi connectivity index (χ0v) is 25.9. The van der Waals surface area contributed by atoms with Crippen LogP contribution in [0.25, 0.3) is 11.1 Å². The van der Waals surface area contributed by atoms with E-state index in [2.05, 4.69) is 151 Å². The minimum absolute atomic E-state index is 0.0472. The third-order valence-electron chi connectivity index (χ3n) is 8.51. The standard InChI is InChI=1S/C37H39N.C2H6/c1-9-16-29-31-22-20-27(24-35(31)37(7,8)33(29)12-4)38(25-17-14-13-15-18-25)26-19-21-30-28(10-2)32(11-3)36(5,6)34(30)23-26;1-2/h9-24H,4H2,1-3,5-8H3;1-2H3/b16-9-,28-10-,32-11+;. The first-order valence-corrected chi connectivity index (χ1v) is 14.7. The van der Waals surface area contributed by atoms with Gasteiger partial charge in [-0.05, 0) is 102 Å². The van der Waals surface area contributed by atoms with E-state index in [0.717, 1.165) is 5.69 Å². The molecule has 0 saturated heterocycles. The predicted octanol–water partition coefficient (Wildman–Crippen LogP) is 11.6. The first-order chi connectivity index (χ1) is 19.2. The Morgan fingerprint density at radius 2 is 1.25 bits per heavy atom. The Labute approximate surface area is 243 Å². The largest absolute Gasteiger partial charge is 0.310 e. The zero-order valence-electron chi connectivity index (χ0n) is 25.9. The fraction of sp³-hybridized carbons (Fsp3) is 0.282. The first kappa shape index (κ1) is 29.2. The van der Waals surface area contributed by atoms with Crippen molar-refractivity contribution in [2.75, 3.05) is 4.90 Å². The highest BCUT2D eigenvalue weighted by Gasteiger charge is 2.38. The van der Waals surface area contributed by atoms with Gasteiger partial charge in [0.05, 0.1) is 0 Å². The number of fused-ring (bicyclic) bond motifs is 2. The lowest BCUT2D eigenvalue weighted by atomic mass is 9.81. The van der Waals surface area contributed by atoms with E-state index in [0.29, 0.717) is 0 Å². The summed E-state index contributed by atoms with van der Waals surface area (Å²) in [5.41, 5.74) is 14.0. The lowest BCUT2D eigenvalue weighted by Crippen LogP contribution is -2.18. The Balaban J connectivity index is 0.00000181. The molecule has 1 heteroatoms. The minimum Gasteiger partial charge on any atom is -0.310 e. The van der Waals surface area contributed by atoms with E-state index >= 15 is 0 Å². The number of hydrogen-bond donors (Lipinski definition) is 0. The van der Waals surface area contributed by atoms with E-state index in [1.807, 2.05) is 19.9 Å². The van der Waals surface area contributed by atoms with Crippen LogP contribution in [0, 0.1) is 0 Å². The van der Waals surface area contributed by atoms with Gasteiger partial charge in [-0.25, -0.2) is 0 Å². The molecule has 3 aromatic carbocycles. The lowest BCUT2D eigenvalue weighted by Gasteiger charge is -2.30. The quantitative estimate of drug-likeness (QED) is 0.319. The van der Waals surface area contributed by atoms with Crippen molar-refractivity contribution in [1.29, 1.82) is 0 Å². The third-order valence-corrected chi connectivity index (χ3v) is 8.51. The molecule has 0 aromatic heterocycles. The summed E-state index contributed by atoms with van der Waals surface area (Å²) in [4.78, 5) is 2.40. The van der Waals surface area contributed by atoms with Gasteiger partial charge in [0.25, 0.3) is 0 Å². The van der Waals surface area contributed by atoms with Crippen LogP contribution in [0.3, 0.4) is 0 Å². The number of para-hydroxylation sites is 1. The van der Waals surface area contributed by atoms with Crippen LogP contribution in [0.2, 0.25) is 0 Å². The lowest BCUT2D eigenvalue weighted by molar-refractivity contribution is 0.654. The second-order valence-corrected chi connectivity index (χ2v) is 11.3. The summed E-state index contributed by atoms with van der Waals surface area (Å²) in [6, 6.07) is 24.7. The second kappa shape index (κ2) is 11.3. The first-order valence-electron chi connectivity index (χ1n) is 14.7. The predicted molar refractivity (Wildman–Crippen MR) is 178 cm³/mol. The van der Waals surface area contributed by atoms with Gasteiger partial charge in [0, 0.05) is 27.9 Å². The molecule has 0 atom stereocenters. The van der Waals surface area contributed by atoms with Crippen molar-refractivity contribution in [3.63, 3.8) is 0 Å². The number of hydrogen-bond acceptors (Lipinski definition) is 1. The molecule has 0 heterocycles. The van der Waals surface area contributed by atoms with E-state index in [-0.39, 0.29) is 10.8 Å². The van der Waals surface area contributed by atoms with Crippen LogP contribution in [0.4, 0.5) is 17.1 Å². The van der Waals surface area contributed by atoms with Crippen LogP contribution >= 0.6 is 0 Å². The molecule has 0 unspecified atom stereocenters. The highest BCUT2D eigenvalue weighted by atomic mass is 15.1. The number of anilines is 3. The second-order valence-electron chi connectivity index (χ2n) is 11.3. The topological polar surface area (TPSA) is 3.24 Å². The normalized spacial score (nSPS) is 18.5. The van der Waals surface area contributed by atoms with Gasteiger partial charge < -0.3 is 4.90 Å². The summed E-state index contributed by atoms with van der Waals surface area (Å²) < 4.78 is 0. The molecule has 0 N–H and O–H groups in total. The maximum absolute atomic E-state index is 4.17. The van der Waals surface area contributed by atoms with Crippen LogP contribution in [-0.4, -0.2) is 0 Å². The van der Waals surface area contributed by atoms with Crippen LogP contribution in [-0.2, 0) is 10.8 Å². The summed E-state index contributed by atoms with van der Waals surface area (Å²) in [5, 5.41) is 0. The SMILES string of the molecule is C=CC1=C(/C=C\C)c2ccc(N(c3ccccc3)c3ccc4c(c3)C(C)(C)C(=C/C)/C4=C\C)cc2C1(C)C.CC. The number of benzene rings is 3. The molecule has 0 aliphatic heterocycles. The summed E-state index contributed by atoms with van der Waals surface area (Å²) >= 11 is 0. The Morgan fingerprint density at radius 3 is 1.77 bits per heavy atom. The molecule has 0 fully saturated rings. The van der Waals surface area contributed by atoms with Crippen molar-refractivity contribution in [3.8, 4) is 0 Å². The highest BCUT2D eigenvalue weighted by molar-refractivity contribution is 5.92. The molecule has 0 amide bonds. The molecule has 40 heavy (non-hydrogen) atoms. The van der Waals surface area contributed by atoms with E-state index in [9.17, 15) is 0 Å². The van der Waals surface area contributed by atoms with Crippen LogP contribution in [0.1, 0.15) is 84.6 Å². The van der Waals surface area contributed by atoms with E-state index < -0.39 is 0 Å². The van der Waals surface area contributed by atoms with Crippen molar-refractivity contribution in [1.82, 2.24) is 0 Å². The Kier molecular flexibility index (Phi) is 8.26. The highest BCUT2D eigenvalue weighted by Crippen LogP contribution is 2.52. The van der Waals surface area contributed by atoms with E-state index in [1.165, 1.54) is 55.9 Å². The summed E-state index contributed by atoms with van der Waals surface area (Å²) in [7, 11) is 0. The van der Waals surface area contributed by atoms with Gasteiger partial charge in [0.1, 0.15) is 0 Å². The Hall–Kier alpha value is -3.84. The van der Waals surface area contributed by atoms with Gasteiger partial charge in [-0.2, -0.15) is 0 Å². The van der Waals surface area contributed by atoms with Gasteiger partial charge in [-0.1, -0.05) is 109 Å². The Morgan fingerprint density at radius 1 is 0.675 bits per heavy atom. The van der Waals surface area contributed by atoms with Gasteiger partial charge >= 0.3 is 0 Å². The van der Waals surface area contributed by atoms with Crippen LogP contribution in [0.5, 0.6) is 0 Å². The van der Waals surface area contributed by atoms with Gasteiger partial charge in [0.15, 0.2) is 0 Å². The fourth-order valence-corrected chi connectivity index (χ4v) is 6.66. The van der Waals surface area contributed by atoms with Gasteiger partial charge in [-0.3, -0.25) is 0 Å². The van der Waals surface area contributed by atoms with Gasteiger partial charge in [0.2, 0.25) is 0 Å². The average molecular weight is 528 g/mol. The molecule has 0 bridgehead atoms. The van der Waals surface area contributed by atoms with E-state index in [1.54, 1.807) is 0 Å². The zero-order chi connectivity index (χ0) is 29.2. The molecule has 206 valence electrons. The molecule has 2 aliphatic carbocycles. The molecule has 2 aliphatic rings. The minimum atomic E-state index is -0.119. The maximum Gasteiger partial charge on any atom is 0.0465 e. The molecular weight excluding hydrogens is 482 g/mol. The molecule has 0 saturated carbocycles. The van der Waals surface area contributed by atoms with E-state index in [4.69, 9.17) is 0 Å². The summed E-state index contributed by atoms with van der Waals surface area (Å²) in [5.74, 6) is 0. The number of rotatable bonds is 5. The van der Waals surface area contributed by atoms with Crippen molar-refractivity contribution in [2.45, 2.75) is 73.1 Å². The fourth-order valence-electron chi connectivity index (χ4n) is 6.66. The smallest absolute Gasteiger partial charge is 0.0465 e. The molecule has 0 radical (unpaired) electrons. The van der Waals surface area contributed by atoms with Crippen LogP contribution < -0.4 is 4.90 Å². The van der Waals surface area contributed by atoms with Crippen LogP contribution in [0.15, 0.2) is 115 Å². The summed E-state index contributed by atoms with van der Waals surface area (Å²) in [6.07, 6.45) is 10.9. The molecular formula is C39H45N. The third kappa shape index (κ3) is 4.52. The van der Waals surface area contributed by atoms with Gasteiger partial charge in [-0.15, -0.1) is 0 Å². The van der Waals surface area contributed by atoms with Crippen molar-refractivity contribution in [3.05, 3.63) is 137 Å². The number of nitrogens with zero attached hydrogens (tertiary/aromatic N) is 1. The van der Waals surface area contributed by atoms with Crippen molar-refractivity contribution >= 4 is 28.2 Å². The monoisotopic (exact) mass is 527 g/mol. The molecule has 3 aromatic rings. The summed E-state index contributed by atoms with van der Waals surface area (Å²) in [6.45, 7) is 23.9. The van der Waals surface area contributed by atoms with Crippen molar-refractivity contribution < 1.29 is 0 Å². The number of allylic oxidation sites excluding steroid dienone is 9. The molecule has 5 rings (SSSR count). The Bertz CT molecular complexity index is 1540. The van der Waals surface area contributed by atoms with Crippen molar-refractivity contribution in [2.24, 2.45) is 0 Å². The molecule has 0 spiro atoms. The maximum atomic E-state index is 4.17. The molecule has 1 nitrogen and oxygen atoms in total.